The van der Waals surface area contributed by atoms with Crippen molar-refractivity contribution >= 4 is 55.6 Å². The largest absolute Gasteiger partial charge is 0.489 e. The van der Waals surface area contributed by atoms with Gasteiger partial charge in [0.2, 0.25) is 0 Å². The second kappa shape index (κ2) is 3.54. The van der Waals surface area contributed by atoms with Gasteiger partial charge in [-0.1, -0.05) is 22.0 Å². The summed E-state index contributed by atoms with van der Waals surface area (Å²) in [5.74, 6) is 0. The fourth-order valence-electron chi connectivity index (χ4n) is 1.36. The molecular formula is C8H7BBrNO2S. The van der Waals surface area contributed by atoms with Crippen molar-refractivity contribution in [2.24, 2.45) is 0 Å². The smallest absolute Gasteiger partial charge is 0.423 e. The van der Waals surface area contributed by atoms with E-state index >= 15 is 0 Å². The SMILES string of the molecule is Nc1csc2c(B(O)O)ccc(Br)c12. The highest BCUT2D eigenvalue weighted by Crippen LogP contribution is 2.32. The van der Waals surface area contributed by atoms with Gasteiger partial charge in [0.05, 0.1) is 5.69 Å². The number of nitrogens with two attached hydrogens (primary N) is 1. The molecule has 6 heteroatoms. The van der Waals surface area contributed by atoms with Crippen LogP contribution in [0.15, 0.2) is 22.0 Å². The molecule has 0 aliphatic heterocycles. The lowest BCUT2D eigenvalue weighted by atomic mass is 9.80. The predicted octanol–water partition coefficient (Wildman–Crippen LogP) is 0.926. The van der Waals surface area contributed by atoms with Crippen molar-refractivity contribution in [2.45, 2.75) is 0 Å². The topological polar surface area (TPSA) is 66.5 Å². The average molecular weight is 272 g/mol. The van der Waals surface area contributed by atoms with Crippen molar-refractivity contribution in [1.29, 1.82) is 0 Å². The molecule has 0 radical (unpaired) electrons. The Labute approximate surface area is 93.4 Å². The first-order valence-corrected chi connectivity index (χ1v) is 5.59. The van der Waals surface area contributed by atoms with E-state index in [4.69, 9.17) is 15.8 Å². The zero-order valence-corrected chi connectivity index (χ0v) is 9.47. The second-order valence-corrected chi connectivity index (χ2v) is 4.64. The monoisotopic (exact) mass is 271 g/mol. The van der Waals surface area contributed by atoms with Crippen LogP contribution in [0.2, 0.25) is 0 Å². The Morgan fingerprint density at radius 3 is 2.71 bits per heavy atom. The number of thiophene rings is 1. The Bertz CT molecular complexity index is 485. The van der Waals surface area contributed by atoms with Gasteiger partial charge in [-0.15, -0.1) is 11.3 Å². The molecule has 0 amide bonds. The quantitative estimate of drug-likeness (QED) is 0.676. The van der Waals surface area contributed by atoms with Crippen molar-refractivity contribution in [2.75, 3.05) is 5.73 Å². The van der Waals surface area contributed by atoms with Gasteiger partial charge >= 0.3 is 7.12 Å². The van der Waals surface area contributed by atoms with Crippen LogP contribution in [0.25, 0.3) is 10.1 Å². The molecule has 0 saturated carbocycles. The van der Waals surface area contributed by atoms with Gasteiger partial charge in [0.25, 0.3) is 0 Å². The van der Waals surface area contributed by atoms with E-state index in [9.17, 15) is 0 Å². The molecule has 72 valence electrons. The Balaban J connectivity index is 2.83. The van der Waals surface area contributed by atoms with Crippen LogP contribution in [0.1, 0.15) is 0 Å². The van der Waals surface area contributed by atoms with Crippen LogP contribution >= 0.6 is 27.3 Å². The maximum Gasteiger partial charge on any atom is 0.489 e. The summed E-state index contributed by atoms with van der Waals surface area (Å²) in [6, 6.07) is 3.44. The summed E-state index contributed by atoms with van der Waals surface area (Å²) in [5.41, 5.74) is 6.91. The molecular weight excluding hydrogens is 265 g/mol. The van der Waals surface area contributed by atoms with Gasteiger partial charge in [0.1, 0.15) is 0 Å². The Kier molecular flexibility index (Phi) is 2.53. The third kappa shape index (κ3) is 1.44. The minimum Gasteiger partial charge on any atom is -0.423 e. The number of hydrogen-bond acceptors (Lipinski definition) is 4. The highest BCUT2D eigenvalue weighted by molar-refractivity contribution is 9.10. The molecule has 4 N–H and O–H groups in total. The highest BCUT2D eigenvalue weighted by Gasteiger charge is 2.18. The van der Waals surface area contributed by atoms with E-state index in [1.165, 1.54) is 11.3 Å². The van der Waals surface area contributed by atoms with Crippen molar-refractivity contribution in [1.82, 2.24) is 0 Å². The molecule has 1 heterocycles. The third-order valence-electron chi connectivity index (χ3n) is 2.01. The summed E-state index contributed by atoms with van der Waals surface area (Å²) in [5, 5.41) is 20.9. The average Bonchev–Trinajstić information content (AvgIpc) is 2.49. The van der Waals surface area contributed by atoms with E-state index in [2.05, 4.69) is 15.9 Å². The third-order valence-corrected chi connectivity index (χ3v) is 3.72. The van der Waals surface area contributed by atoms with Crippen LogP contribution in [0.4, 0.5) is 5.69 Å². The summed E-state index contributed by atoms with van der Waals surface area (Å²) in [4.78, 5) is 0. The van der Waals surface area contributed by atoms with E-state index in [1.807, 2.05) is 0 Å². The van der Waals surface area contributed by atoms with Gasteiger partial charge in [-0.3, -0.25) is 0 Å². The summed E-state index contributed by atoms with van der Waals surface area (Å²) in [6.07, 6.45) is 0. The van der Waals surface area contributed by atoms with E-state index in [-0.39, 0.29) is 0 Å². The van der Waals surface area contributed by atoms with Crippen LogP contribution in [0.5, 0.6) is 0 Å². The lowest BCUT2D eigenvalue weighted by Gasteiger charge is -2.03. The van der Waals surface area contributed by atoms with Crippen LogP contribution in [-0.4, -0.2) is 17.2 Å². The minimum absolute atomic E-state index is 0.491. The number of fused-ring (bicyclic) bond motifs is 1. The normalized spacial score (nSPS) is 10.8. The first-order chi connectivity index (χ1) is 6.61. The van der Waals surface area contributed by atoms with Crippen molar-refractivity contribution in [3.05, 3.63) is 22.0 Å². The van der Waals surface area contributed by atoms with Gasteiger partial charge < -0.3 is 15.8 Å². The van der Waals surface area contributed by atoms with Crippen LogP contribution in [-0.2, 0) is 0 Å². The molecule has 0 aliphatic carbocycles. The maximum absolute atomic E-state index is 9.13. The van der Waals surface area contributed by atoms with Gasteiger partial charge in [0, 0.05) is 25.4 Å². The molecule has 0 fully saturated rings. The van der Waals surface area contributed by atoms with E-state index in [1.54, 1.807) is 17.5 Å². The molecule has 1 aromatic carbocycles. The number of benzene rings is 1. The minimum atomic E-state index is -1.45. The van der Waals surface area contributed by atoms with E-state index in [0.717, 1.165) is 14.6 Å². The molecule has 3 nitrogen and oxygen atoms in total. The van der Waals surface area contributed by atoms with Gasteiger partial charge in [-0.2, -0.15) is 0 Å². The summed E-state index contributed by atoms with van der Waals surface area (Å²) < 4.78 is 1.68. The van der Waals surface area contributed by atoms with Crippen molar-refractivity contribution in [3.63, 3.8) is 0 Å². The lowest BCUT2D eigenvalue weighted by molar-refractivity contribution is 0.426. The summed E-state index contributed by atoms with van der Waals surface area (Å²) >= 11 is 4.78. The molecule has 0 atom stereocenters. The first-order valence-electron chi connectivity index (χ1n) is 3.92. The number of anilines is 1. The van der Waals surface area contributed by atoms with Crippen LogP contribution in [0.3, 0.4) is 0 Å². The van der Waals surface area contributed by atoms with E-state index in [0.29, 0.717) is 11.2 Å². The summed E-state index contributed by atoms with van der Waals surface area (Å²) in [7, 11) is -1.45. The van der Waals surface area contributed by atoms with Gasteiger partial charge in [0.15, 0.2) is 0 Å². The van der Waals surface area contributed by atoms with Gasteiger partial charge in [-0.05, 0) is 6.07 Å². The molecule has 1 aromatic heterocycles. The Morgan fingerprint density at radius 1 is 1.36 bits per heavy atom. The molecule has 2 rings (SSSR count). The highest BCUT2D eigenvalue weighted by atomic mass is 79.9. The molecule has 0 bridgehead atoms. The van der Waals surface area contributed by atoms with E-state index < -0.39 is 7.12 Å². The zero-order valence-electron chi connectivity index (χ0n) is 7.07. The fourth-order valence-corrected chi connectivity index (χ4v) is 3.06. The fraction of sp³-hybridized carbons (Fsp3) is 0. The maximum atomic E-state index is 9.13. The summed E-state index contributed by atoms with van der Waals surface area (Å²) in [6.45, 7) is 0. The number of rotatable bonds is 1. The molecule has 2 aromatic rings. The molecule has 0 aliphatic rings. The molecule has 0 spiro atoms. The van der Waals surface area contributed by atoms with Gasteiger partial charge in [-0.25, -0.2) is 0 Å². The number of halogens is 1. The zero-order chi connectivity index (χ0) is 10.3. The standard InChI is InChI=1S/C8H7BBrNO2S/c10-5-2-1-4(9(12)13)8-7(5)6(11)3-14-8/h1-3,12-13H,11H2. The lowest BCUT2D eigenvalue weighted by Crippen LogP contribution is -2.29. The predicted molar refractivity (Wildman–Crippen MR) is 63.8 cm³/mol. The number of hydrogen-bond donors (Lipinski definition) is 3. The second-order valence-electron chi connectivity index (χ2n) is 2.91. The van der Waals surface area contributed by atoms with Crippen molar-refractivity contribution < 1.29 is 10.0 Å². The Hall–Kier alpha value is -0.555. The molecule has 0 saturated heterocycles. The van der Waals surface area contributed by atoms with Crippen LogP contribution < -0.4 is 11.2 Å². The first kappa shape index (κ1) is 9.98. The number of nitrogen functional groups attached to an aromatic ring is 1. The Morgan fingerprint density at radius 2 is 2.07 bits per heavy atom. The van der Waals surface area contributed by atoms with Crippen molar-refractivity contribution in [3.8, 4) is 0 Å². The molecule has 14 heavy (non-hydrogen) atoms. The van der Waals surface area contributed by atoms with Crippen LogP contribution in [0, 0.1) is 0 Å². The molecule has 0 unspecified atom stereocenters.